The molecule has 0 radical (unpaired) electrons. The molecule has 1 heterocycles. The second kappa shape index (κ2) is 3.73. The van der Waals surface area contributed by atoms with Crippen molar-refractivity contribution in [2.45, 2.75) is 4.90 Å². The Morgan fingerprint density at radius 1 is 1.19 bits per heavy atom. The first-order valence-electron chi connectivity index (χ1n) is 4.33. The molecule has 2 N–H and O–H groups in total. The van der Waals surface area contributed by atoms with Gasteiger partial charge in [-0.1, -0.05) is 6.07 Å². The van der Waals surface area contributed by atoms with Crippen molar-refractivity contribution in [1.82, 2.24) is 0 Å². The second-order valence-electron chi connectivity index (χ2n) is 3.20. The molecule has 16 heavy (non-hydrogen) atoms. The maximum Gasteiger partial charge on any atom is 0.240 e. The van der Waals surface area contributed by atoms with Gasteiger partial charge in [-0.05, 0) is 23.8 Å². The summed E-state index contributed by atoms with van der Waals surface area (Å²) in [4.78, 5) is -0.514. The van der Waals surface area contributed by atoms with Gasteiger partial charge in [0.05, 0.1) is 12.5 Å². The number of hydrogen-bond donors (Lipinski definition) is 1. The predicted molar refractivity (Wildman–Crippen MR) is 55.5 cm³/mol. The Kier molecular flexibility index (Phi) is 2.53. The number of furan rings is 1. The van der Waals surface area contributed by atoms with E-state index < -0.39 is 20.7 Å². The van der Waals surface area contributed by atoms with Gasteiger partial charge in [0.2, 0.25) is 10.0 Å². The van der Waals surface area contributed by atoms with Gasteiger partial charge in [-0.15, -0.1) is 0 Å². The van der Waals surface area contributed by atoms with E-state index in [9.17, 15) is 12.8 Å². The van der Waals surface area contributed by atoms with Crippen LogP contribution in [0.3, 0.4) is 0 Å². The van der Waals surface area contributed by atoms with E-state index in [-0.39, 0.29) is 0 Å². The van der Waals surface area contributed by atoms with E-state index in [1.807, 2.05) is 0 Å². The van der Waals surface area contributed by atoms with Crippen molar-refractivity contribution >= 4 is 10.0 Å². The van der Waals surface area contributed by atoms with Crippen molar-refractivity contribution < 1.29 is 17.2 Å². The van der Waals surface area contributed by atoms with E-state index in [2.05, 4.69) is 0 Å². The lowest BCUT2D eigenvalue weighted by Gasteiger charge is -2.02. The fourth-order valence-corrected chi connectivity index (χ4v) is 1.93. The van der Waals surface area contributed by atoms with E-state index in [0.717, 1.165) is 12.1 Å². The van der Waals surface area contributed by atoms with Gasteiger partial charge in [0.25, 0.3) is 0 Å². The molecule has 1 aromatic heterocycles. The van der Waals surface area contributed by atoms with E-state index >= 15 is 0 Å². The van der Waals surface area contributed by atoms with E-state index in [4.69, 9.17) is 9.56 Å². The lowest BCUT2D eigenvalue weighted by Crippen LogP contribution is -2.13. The SMILES string of the molecule is NS(=O)(=O)c1ccc(-c2ccoc2)cc1F. The van der Waals surface area contributed by atoms with Crippen molar-refractivity contribution in [3.05, 3.63) is 42.6 Å². The fraction of sp³-hybridized carbons (Fsp3) is 0. The third kappa shape index (κ3) is 1.98. The minimum absolute atomic E-state index is 0.514. The molecule has 2 aromatic rings. The zero-order valence-corrected chi connectivity index (χ0v) is 8.87. The zero-order valence-electron chi connectivity index (χ0n) is 8.05. The van der Waals surface area contributed by atoms with Crippen LogP contribution in [0.4, 0.5) is 4.39 Å². The molecule has 1 aromatic carbocycles. The first-order chi connectivity index (χ1) is 7.48. The van der Waals surface area contributed by atoms with E-state index in [1.54, 1.807) is 6.07 Å². The maximum atomic E-state index is 13.4. The molecule has 0 aliphatic rings. The normalized spacial score (nSPS) is 11.6. The van der Waals surface area contributed by atoms with Gasteiger partial charge in [-0.25, -0.2) is 17.9 Å². The van der Waals surface area contributed by atoms with Crippen LogP contribution in [-0.4, -0.2) is 8.42 Å². The highest BCUT2D eigenvalue weighted by molar-refractivity contribution is 7.89. The average Bonchev–Trinajstić information content (AvgIpc) is 2.68. The molecule has 0 fully saturated rings. The van der Waals surface area contributed by atoms with Crippen LogP contribution in [0.5, 0.6) is 0 Å². The number of benzene rings is 1. The van der Waals surface area contributed by atoms with Gasteiger partial charge >= 0.3 is 0 Å². The van der Waals surface area contributed by atoms with Gasteiger partial charge in [0.1, 0.15) is 10.7 Å². The molecular weight excluding hydrogens is 233 g/mol. The molecule has 0 aliphatic heterocycles. The molecule has 84 valence electrons. The van der Waals surface area contributed by atoms with Gasteiger partial charge in [0, 0.05) is 5.56 Å². The maximum absolute atomic E-state index is 13.4. The van der Waals surface area contributed by atoms with Gasteiger partial charge < -0.3 is 4.42 Å². The summed E-state index contributed by atoms with van der Waals surface area (Å²) < 4.78 is 40.2. The second-order valence-corrected chi connectivity index (χ2v) is 4.73. The van der Waals surface area contributed by atoms with Crippen LogP contribution in [0.1, 0.15) is 0 Å². The van der Waals surface area contributed by atoms with Gasteiger partial charge in [-0.2, -0.15) is 0 Å². The molecule has 0 unspecified atom stereocenters. The number of primary sulfonamides is 1. The fourth-order valence-electron chi connectivity index (χ4n) is 1.34. The molecule has 0 saturated heterocycles. The molecular formula is C10H8FNO3S. The summed E-state index contributed by atoms with van der Waals surface area (Å²) in [6.45, 7) is 0. The number of nitrogens with two attached hydrogens (primary N) is 1. The topological polar surface area (TPSA) is 73.3 Å². The molecule has 0 saturated carbocycles. The molecule has 0 amide bonds. The van der Waals surface area contributed by atoms with Crippen LogP contribution in [0.25, 0.3) is 11.1 Å². The smallest absolute Gasteiger partial charge is 0.240 e. The number of halogens is 1. The van der Waals surface area contributed by atoms with E-state index in [1.165, 1.54) is 18.6 Å². The number of hydrogen-bond acceptors (Lipinski definition) is 3. The Labute approximate surface area is 91.5 Å². The summed E-state index contributed by atoms with van der Waals surface area (Å²) in [5, 5.41) is 4.84. The molecule has 0 spiro atoms. The summed E-state index contributed by atoms with van der Waals surface area (Å²) >= 11 is 0. The van der Waals surface area contributed by atoms with Crippen LogP contribution in [0.15, 0.2) is 46.1 Å². The summed E-state index contributed by atoms with van der Waals surface area (Å²) in [5.41, 5.74) is 1.19. The minimum atomic E-state index is -4.02. The van der Waals surface area contributed by atoms with Crippen LogP contribution in [0, 0.1) is 5.82 Å². The molecule has 0 aliphatic carbocycles. The third-order valence-electron chi connectivity index (χ3n) is 2.09. The van der Waals surface area contributed by atoms with Gasteiger partial charge in [0.15, 0.2) is 0 Å². The highest BCUT2D eigenvalue weighted by atomic mass is 32.2. The Morgan fingerprint density at radius 3 is 2.44 bits per heavy atom. The number of rotatable bonds is 2. The third-order valence-corrected chi connectivity index (χ3v) is 3.04. The van der Waals surface area contributed by atoms with Crippen molar-refractivity contribution in [3.63, 3.8) is 0 Å². The monoisotopic (exact) mass is 241 g/mol. The first kappa shape index (κ1) is 10.8. The van der Waals surface area contributed by atoms with E-state index in [0.29, 0.717) is 11.1 Å². The molecule has 4 nitrogen and oxygen atoms in total. The summed E-state index contributed by atoms with van der Waals surface area (Å²) in [7, 11) is -4.02. The average molecular weight is 241 g/mol. The Morgan fingerprint density at radius 2 is 1.94 bits per heavy atom. The summed E-state index contributed by atoms with van der Waals surface area (Å²) in [6.07, 6.45) is 2.88. The Balaban J connectivity index is 2.53. The van der Waals surface area contributed by atoms with Gasteiger partial charge in [-0.3, -0.25) is 0 Å². The van der Waals surface area contributed by atoms with Crippen molar-refractivity contribution in [2.24, 2.45) is 5.14 Å². The lowest BCUT2D eigenvalue weighted by atomic mass is 10.1. The summed E-state index contributed by atoms with van der Waals surface area (Å²) in [6, 6.07) is 5.34. The largest absolute Gasteiger partial charge is 0.472 e. The number of sulfonamides is 1. The Bertz CT molecular complexity index is 605. The van der Waals surface area contributed by atoms with Crippen LogP contribution < -0.4 is 5.14 Å². The van der Waals surface area contributed by atoms with Crippen molar-refractivity contribution in [3.8, 4) is 11.1 Å². The molecule has 2 rings (SSSR count). The predicted octanol–water partition coefficient (Wildman–Crippen LogP) is 1.73. The lowest BCUT2D eigenvalue weighted by molar-refractivity contribution is 0.567. The summed E-state index contributed by atoms with van der Waals surface area (Å²) in [5.74, 6) is -0.874. The zero-order chi connectivity index (χ0) is 11.8. The highest BCUT2D eigenvalue weighted by Crippen LogP contribution is 2.23. The standard InChI is InChI=1S/C10H8FNO3S/c11-9-5-7(8-3-4-15-6-8)1-2-10(9)16(12,13)14/h1-6H,(H2,12,13,14). The van der Waals surface area contributed by atoms with Crippen molar-refractivity contribution in [1.29, 1.82) is 0 Å². The molecule has 6 heteroatoms. The Hall–Kier alpha value is -1.66. The first-order valence-corrected chi connectivity index (χ1v) is 5.88. The van der Waals surface area contributed by atoms with Crippen LogP contribution in [0.2, 0.25) is 0 Å². The minimum Gasteiger partial charge on any atom is -0.472 e. The molecule has 0 atom stereocenters. The van der Waals surface area contributed by atoms with Crippen LogP contribution >= 0.6 is 0 Å². The van der Waals surface area contributed by atoms with Crippen LogP contribution in [-0.2, 0) is 10.0 Å². The van der Waals surface area contributed by atoms with Crippen molar-refractivity contribution in [2.75, 3.05) is 0 Å². The quantitative estimate of drug-likeness (QED) is 0.870. The molecule has 0 bridgehead atoms. The highest BCUT2D eigenvalue weighted by Gasteiger charge is 2.14.